The van der Waals surface area contributed by atoms with Crippen LogP contribution >= 0.6 is 0 Å². The first-order chi connectivity index (χ1) is 7.76. The third kappa shape index (κ3) is 1.97. The summed E-state index contributed by atoms with van der Waals surface area (Å²) in [5, 5.41) is 0. The van der Waals surface area contributed by atoms with E-state index in [0.717, 1.165) is 18.5 Å². The van der Waals surface area contributed by atoms with Gasteiger partial charge in [0.15, 0.2) is 0 Å². The Morgan fingerprint density at radius 3 is 2.69 bits per heavy atom. The van der Waals surface area contributed by atoms with Gasteiger partial charge in [-0.3, -0.25) is 0 Å². The number of hydrogen-bond acceptors (Lipinski definition) is 2. The Bertz CT molecular complexity index is 396. The Balaban J connectivity index is 2.39. The highest BCUT2D eigenvalue weighted by molar-refractivity contribution is 5.54. The van der Waals surface area contributed by atoms with Crippen molar-refractivity contribution in [1.82, 2.24) is 0 Å². The monoisotopic (exact) mass is 218 g/mol. The molecule has 16 heavy (non-hydrogen) atoms. The molecule has 1 aromatic carbocycles. The number of fused-ring (bicyclic) bond motifs is 1. The summed E-state index contributed by atoms with van der Waals surface area (Å²) >= 11 is 0. The number of methoxy groups -OCH3 is 1. The molecule has 1 aliphatic carbocycles. The second kappa shape index (κ2) is 4.69. The molecule has 0 aliphatic heterocycles. The van der Waals surface area contributed by atoms with E-state index in [1.807, 2.05) is 0 Å². The zero-order valence-corrected chi connectivity index (χ0v) is 9.95. The van der Waals surface area contributed by atoms with Crippen LogP contribution in [0.1, 0.15) is 42.4 Å². The van der Waals surface area contributed by atoms with Crippen LogP contribution < -0.4 is 4.74 Å². The predicted molar refractivity (Wildman–Crippen MR) is 64.1 cm³/mol. The fourth-order valence-corrected chi connectivity index (χ4v) is 2.45. The molecule has 2 heteroatoms. The Morgan fingerprint density at radius 2 is 2.06 bits per heavy atom. The molecule has 0 spiro atoms. The van der Waals surface area contributed by atoms with Gasteiger partial charge in [0.05, 0.1) is 7.11 Å². The maximum atomic E-state index is 10.6. The van der Waals surface area contributed by atoms with Gasteiger partial charge in [-0.2, -0.15) is 0 Å². The highest BCUT2D eigenvalue weighted by Gasteiger charge is 2.18. The summed E-state index contributed by atoms with van der Waals surface area (Å²) in [5.74, 6) is 1.19. The van der Waals surface area contributed by atoms with Crippen LogP contribution in [0.2, 0.25) is 0 Å². The van der Waals surface area contributed by atoms with Gasteiger partial charge in [-0.1, -0.05) is 13.0 Å². The highest BCUT2D eigenvalue weighted by Crippen LogP contribution is 2.34. The van der Waals surface area contributed by atoms with Crippen LogP contribution in [0, 0.1) is 0 Å². The summed E-state index contributed by atoms with van der Waals surface area (Å²) in [6.07, 6.45) is 5.12. The number of hydrogen-bond donors (Lipinski definition) is 0. The van der Waals surface area contributed by atoms with Crippen LogP contribution in [0.25, 0.3) is 0 Å². The van der Waals surface area contributed by atoms with Gasteiger partial charge in [0.2, 0.25) is 0 Å². The number of carbonyl (C=O) groups excluding carboxylic acids is 1. The molecule has 1 aliphatic rings. The Labute approximate surface area is 96.6 Å². The summed E-state index contributed by atoms with van der Waals surface area (Å²) in [4.78, 5) is 10.6. The molecule has 0 N–H and O–H groups in total. The van der Waals surface area contributed by atoms with Crippen LogP contribution in [-0.4, -0.2) is 13.4 Å². The fraction of sp³-hybridized carbons (Fsp3) is 0.500. The summed E-state index contributed by atoms with van der Waals surface area (Å²) in [7, 11) is 1.70. The van der Waals surface area contributed by atoms with Gasteiger partial charge in [-0.05, 0) is 47.9 Å². The van der Waals surface area contributed by atoms with Crippen molar-refractivity contribution in [2.24, 2.45) is 0 Å². The quantitative estimate of drug-likeness (QED) is 0.726. The smallest absolute Gasteiger partial charge is 0.122 e. The first kappa shape index (κ1) is 11.2. The molecule has 0 bridgehead atoms. The largest absolute Gasteiger partial charge is 0.496 e. The van der Waals surface area contributed by atoms with Gasteiger partial charge in [-0.25, -0.2) is 0 Å². The maximum absolute atomic E-state index is 10.6. The SMILES string of the molecule is COc1cc2c(cc1C(C)CC=O)CCC2. The van der Waals surface area contributed by atoms with Crippen molar-refractivity contribution in [3.8, 4) is 5.75 Å². The van der Waals surface area contributed by atoms with Crippen LogP contribution in [0.4, 0.5) is 0 Å². The molecular formula is C14H18O2. The second-order valence-electron chi connectivity index (χ2n) is 4.52. The first-order valence-corrected chi connectivity index (χ1v) is 5.89. The Morgan fingerprint density at radius 1 is 1.38 bits per heavy atom. The number of carbonyl (C=O) groups is 1. The van der Waals surface area contributed by atoms with Crippen molar-refractivity contribution in [1.29, 1.82) is 0 Å². The molecule has 86 valence electrons. The van der Waals surface area contributed by atoms with E-state index >= 15 is 0 Å². The predicted octanol–water partition coefficient (Wildman–Crippen LogP) is 2.88. The van der Waals surface area contributed by atoms with Crippen LogP contribution in [0.3, 0.4) is 0 Å². The molecule has 0 saturated heterocycles. The minimum absolute atomic E-state index is 0.248. The van der Waals surface area contributed by atoms with E-state index in [0.29, 0.717) is 6.42 Å². The van der Waals surface area contributed by atoms with Gasteiger partial charge < -0.3 is 9.53 Å². The van der Waals surface area contributed by atoms with Crippen molar-refractivity contribution in [3.63, 3.8) is 0 Å². The van der Waals surface area contributed by atoms with E-state index in [2.05, 4.69) is 19.1 Å². The molecule has 1 unspecified atom stereocenters. The topological polar surface area (TPSA) is 26.3 Å². The average Bonchev–Trinajstić information content (AvgIpc) is 2.74. The second-order valence-corrected chi connectivity index (χ2v) is 4.52. The number of aryl methyl sites for hydroxylation is 2. The summed E-state index contributed by atoms with van der Waals surface area (Å²) in [6, 6.07) is 4.38. The van der Waals surface area contributed by atoms with E-state index in [9.17, 15) is 4.79 Å². The van der Waals surface area contributed by atoms with E-state index in [4.69, 9.17) is 4.74 Å². The zero-order valence-electron chi connectivity index (χ0n) is 9.95. The fourth-order valence-electron chi connectivity index (χ4n) is 2.45. The standard InChI is InChI=1S/C14H18O2/c1-10(6-7-15)13-8-11-4-3-5-12(11)9-14(13)16-2/h7-10H,3-6H2,1-2H3. The molecule has 0 saturated carbocycles. The lowest BCUT2D eigenvalue weighted by atomic mass is 9.94. The third-order valence-electron chi connectivity index (χ3n) is 3.42. The molecule has 2 rings (SSSR count). The molecule has 2 nitrogen and oxygen atoms in total. The van der Waals surface area contributed by atoms with E-state index < -0.39 is 0 Å². The van der Waals surface area contributed by atoms with Gasteiger partial charge >= 0.3 is 0 Å². The van der Waals surface area contributed by atoms with Gasteiger partial charge in [0.25, 0.3) is 0 Å². The van der Waals surface area contributed by atoms with Crippen molar-refractivity contribution < 1.29 is 9.53 Å². The van der Waals surface area contributed by atoms with Gasteiger partial charge in [0, 0.05) is 6.42 Å². The van der Waals surface area contributed by atoms with Crippen molar-refractivity contribution in [2.75, 3.05) is 7.11 Å². The van der Waals surface area contributed by atoms with Crippen LogP contribution in [-0.2, 0) is 17.6 Å². The summed E-state index contributed by atoms with van der Waals surface area (Å²) in [6.45, 7) is 2.08. The summed E-state index contributed by atoms with van der Waals surface area (Å²) < 4.78 is 5.42. The Hall–Kier alpha value is -1.31. The minimum Gasteiger partial charge on any atom is -0.496 e. The molecule has 0 fully saturated rings. The number of aldehydes is 1. The van der Waals surface area contributed by atoms with Gasteiger partial charge in [0.1, 0.15) is 12.0 Å². The first-order valence-electron chi connectivity index (χ1n) is 5.89. The average molecular weight is 218 g/mol. The molecule has 0 aromatic heterocycles. The summed E-state index contributed by atoms with van der Waals surface area (Å²) in [5.41, 5.74) is 4.03. The van der Waals surface area contributed by atoms with E-state index in [-0.39, 0.29) is 5.92 Å². The highest BCUT2D eigenvalue weighted by atomic mass is 16.5. The zero-order chi connectivity index (χ0) is 11.5. The van der Waals surface area contributed by atoms with Crippen molar-refractivity contribution in [3.05, 3.63) is 28.8 Å². The van der Waals surface area contributed by atoms with E-state index in [1.165, 1.54) is 29.5 Å². The molecule has 0 heterocycles. The molecule has 0 radical (unpaired) electrons. The molecule has 0 amide bonds. The lowest BCUT2D eigenvalue weighted by molar-refractivity contribution is -0.108. The van der Waals surface area contributed by atoms with Crippen LogP contribution in [0.5, 0.6) is 5.75 Å². The normalized spacial score (nSPS) is 15.6. The van der Waals surface area contributed by atoms with Crippen molar-refractivity contribution >= 4 is 6.29 Å². The molecule has 1 atom stereocenters. The molecule has 1 aromatic rings. The minimum atomic E-state index is 0.248. The number of benzene rings is 1. The molecular weight excluding hydrogens is 200 g/mol. The van der Waals surface area contributed by atoms with Gasteiger partial charge in [-0.15, -0.1) is 0 Å². The van der Waals surface area contributed by atoms with E-state index in [1.54, 1.807) is 7.11 Å². The number of ether oxygens (including phenoxy) is 1. The van der Waals surface area contributed by atoms with Crippen LogP contribution in [0.15, 0.2) is 12.1 Å². The lowest BCUT2D eigenvalue weighted by Gasteiger charge is -2.15. The third-order valence-corrected chi connectivity index (χ3v) is 3.42. The number of rotatable bonds is 4. The van der Waals surface area contributed by atoms with Crippen molar-refractivity contribution in [2.45, 2.75) is 38.5 Å². The Kier molecular flexibility index (Phi) is 3.28. The lowest BCUT2D eigenvalue weighted by Crippen LogP contribution is -2.00. The maximum Gasteiger partial charge on any atom is 0.122 e.